The number of carbonyl (C=O) groups is 1. The standard InChI is InChI=1S/C28H33N5O3/c1-21-6-7-23-15-26(21)35-13-12-33-17-24(29-30-33)18-36-25-5-2-4-22(14-25)16-31-10-3-8-28(19-31)9-11-32(20-28)27(23)34/h2,4-7,14-15,17H,3,8-13,16,18-20H2,1H3. The van der Waals surface area contributed by atoms with Gasteiger partial charge in [0.05, 0.1) is 12.7 Å². The summed E-state index contributed by atoms with van der Waals surface area (Å²) >= 11 is 0. The summed E-state index contributed by atoms with van der Waals surface area (Å²) in [5.41, 5.74) is 3.91. The van der Waals surface area contributed by atoms with Crippen LogP contribution >= 0.6 is 0 Å². The predicted molar refractivity (Wildman–Crippen MR) is 135 cm³/mol. The van der Waals surface area contributed by atoms with Gasteiger partial charge in [-0.2, -0.15) is 0 Å². The third kappa shape index (κ3) is 4.82. The molecular weight excluding hydrogens is 454 g/mol. The molecule has 1 amide bonds. The van der Waals surface area contributed by atoms with Gasteiger partial charge in [0.2, 0.25) is 0 Å². The van der Waals surface area contributed by atoms with Gasteiger partial charge in [-0.1, -0.05) is 23.4 Å². The number of hydrogen-bond acceptors (Lipinski definition) is 6. The summed E-state index contributed by atoms with van der Waals surface area (Å²) in [5.74, 6) is 1.69. The van der Waals surface area contributed by atoms with Crippen LogP contribution in [-0.2, 0) is 19.7 Å². The van der Waals surface area contributed by atoms with Crippen molar-refractivity contribution in [3.63, 3.8) is 0 Å². The Bertz CT molecular complexity index is 1260. The molecule has 6 rings (SSSR count). The highest BCUT2D eigenvalue weighted by Gasteiger charge is 2.42. The number of carbonyl (C=O) groups excluding carboxylic acids is 1. The van der Waals surface area contributed by atoms with Gasteiger partial charge >= 0.3 is 0 Å². The average Bonchev–Trinajstić information content (AvgIpc) is 3.50. The van der Waals surface area contributed by atoms with Crippen molar-refractivity contribution in [1.29, 1.82) is 0 Å². The summed E-state index contributed by atoms with van der Waals surface area (Å²) in [6.45, 7) is 8.01. The van der Waals surface area contributed by atoms with E-state index in [-0.39, 0.29) is 11.3 Å². The normalized spacial score (nSPS) is 24.4. The monoisotopic (exact) mass is 487 g/mol. The molecule has 9 bridgehead atoms. The molecule has 3 aliphatic rings. The van der Waals surface area contributed by atoms with E-state index in [1.165, 1.54) is 12.0 Å². The highest BCUT2D eigenvalue weighted by molar-refractivity contribution is 5.95. The molecule has 0 saturated carbocycles. The lowest BCUT2D eigenvalue weighted by atomic mass is 9.79. The number of ether oxygens (including phenoxy) is 2. The molecule has 4 heterocycles. The van der Waals surface area contributed by atoms with Crippen molar-refractivity contribution < 1.29 is 14.3 Å². The molecule has 2 aromatic carbocycles. The summed E-state index contributed by atoms with van der Waals surface area (Å²) < 4.78 is 13.9. The second-order valence-corrected chi connectivity index (χ2v) is 10.5. The van der Waals surface area contributed by atoms with Gasteiger partial charge in [-0.05, 0) is 68.1 Å². The molecule has 1 aromatic heterocycles. The number of amides is 1. The first-order valence-electron chi connectivity index (χ1n) is 12.9. The first-order chi connectivity index (χ1) is 17.6. The van der Waals surface area contributed by atoms with E-state index < -0.39 is 0 Å². The molecule has 0 radical (unpaired) electrons. The molecule has 2 unspecified atom stereocenters. The number of nitrogens with zero attached hydrogens (tertiary/aromatic N) is 5. The van der Waals surface area contributed by atoms with Crippen molar-refractivity contribution in [1.82, 2.24) is 24.8 Å². The highest BCUT2D eigenvalue weighted by atomic mass is 16.5. The van der Waals surface area contributed by atoms with Crippen LogP contribution in [0.4, 0.5) is 0 Å². The van der Waals surface area contributed by atoms with Crippen LogP contribution in [-0.4, -0.2) is 63.5 Å². The maximum atomic E-state index is 13.5. The van der Waals surface area contributed by atoms with Gasteiger partial charge in [0, 0.05) is 37.2 Å². The van der Waals surface area contributed by atoms with E-state index in [1.54, 1.807) is 4.68 Å². The second-order valence-electron chi connectivity index (χ2n) is 10.5. The third-order valence-electron chi connectivity index (χ3n) is 7.76. The van der Waals surface area contributed by atoms with Crippen LogP contribution in [0.3, 0.4) is 0 Å². The Morgan fingerprint density at radius 3 is 2.89 bits per heavy atom. The molecule has 188 valence electrons. The van der Waals surface area contributed by atoms with Gasteiger partial charge in [0.25, 0.3) is 5.91 Å². The summed E-state index contributed by atoms with van der Waals surface area (Å²) in [6, 6.07) is 14.1. The van der Waals surface area contributed by atoms with Crippen LogP contribution in [0, 0.1) is 12.3 Å². The molecule has 3 aromatic rings. The van der Waals surface area contributed by atoms with Gasteiger partial charge in [0.1, 0.15) is 30.4 Å². The van der Waals surface area contributed by atoms with Crippen molar-refractivity contribution in [2.75, 3.05) is 32.8 Å². The van der Waals surface area contributed by atoms with Gasteiger partial charge in [-0.15, -0.1) is 5.10 Å². The first-order valence-corrected chi connectivity index (χ1v) is 12.9. The van der Waals surface area contributed by atoms with Crippen molar-refractivity contribution in [3.8, 4) is 11.5 Å². The fraction of sp³-hybridized carbons (Fsp3) is 0.464. The predicted octanol–water partition coefficient (Wildman–Crippen LogP) is 3.69. The number of aryl methyl sites for hydroxylation is 1. The van der Waals surface area contributed by atoms with Crippen molar-refractivity contribution in [2.24, 2.45) is 5.41 Å². The van der Waals surface area contributed by atoms with Gasteiger partial charge in [0.15, 0.2) is 0 Å². The number of piperidine rings is 1. The summed E-state index contributed by atoms with van der Waals surface area (Å²) in [5, 5.41) is 8.45. The minimum atomic E-state index is 0.102. The molecule has 2 atom stereocenters. The Kier molecular flexibility index (Phi) is 6.13. The van der Waals surface area contributed by atoms with Crippen molar-refractivity contribution in [2.45, 2.75) is 45.9 Å². The SMILES string of the molecule is Cc1ccc2cc1OCCn1cc(nn1)COc1cccc(c1)CN1CCCC3(CCN(C3)C2=O)C1. The van der Waals surface area contributed by atoms with E-state index in [0.717, 1.165) is 68.3 Å². The zero-order valence-electron chi connectivity index (χ0n) is 20.9. The molecule has 36 heavy (non-hydrogen) atoms. The van der Waals surface area contributed by atoms with Crippen LogP contribution in [0.5, 0.6) is 11.5 Å². The Morgan fingerprint density at radius 2 is 1.94 bits per heavy atom. The Morgan fingerprint density at radius 1 is 1.00 bits per heavy atom. The maximum Gasteiger partial charge on any atom is 0.254 e. The van der Waals surface area contributed by atoms with E-state index in [0.29, 0.717) is 25.3 Å². The van der Waals surface area contributed by atoms with E-state index >= 15 is 0 Å². The van der Waals surface area contributed by atoms with Crippen molar-refractivity contribution >= 4 is 5.91 Å². The maximum absolute atomic E-state index is 13.5. The third-order valence-corrected chi connectivity index (χ3v) is 7.76. The lowest BCUT2D eigenvalue weighted by Crippen LogP contribution is -2.45. The molecule has 1 spiro atoms. The highest BCUT2D eigenvalue weighted by Crippen LogP contribution is 2.40. The topological polar surface area (TPSA) is 72.7 Å². The largest absolute Gasteiger partial charge is 0.491 e. The number of fused-ring (bicyclic) bond motifs is 8. The molecular formula is C28H33N5O3. The Hall–Kier alpha value is -3.39. The Balaban J connectivity index is 1.28. The fourth-order valence-electron chi connectivity index (χ4n) is 5.87. The van der Waals surface area contributed by atoms with Gasteiger partial charge < -0.3 is 14.4 Å². The number of hydrogen-bond donors (Lipinski definition) is 0. The lowest BCUT2D eigenvalue weighted by molar-refractivity contribution is 0.0675. The number of aromatic nitrogens is 3. The van der Waals surface area contributed by atoms with E-state index in [1.807, 2.05) is 42.3 Å². The van der Waals surface area contributed by atoms with Gasteiger partial charge in [-0.3, -0.25) is 9.69 Å². The molecule has 3 aliphatic heterocycles. The molecule has 2 saturated heterocycles. The second kappa shape index (κ2) is 9.58. The molecule has 0 aliphatic carbocycles. The van der Waals surface area contributed by atoms with Crippen LogP contribution in [0.15, 0.2) is 48.7 Å². The van der Waals surface area contributed by atoms with Crippen LogP contribution in [0.25, 0.3) is 0 Å². The molecule has 8 nitrogen and oxygen atoms in total. The minimum Gasteiger partial charge on any atom is -0.491 e. The van der Waals surface area contributed by atoms with Gasteiger partial charge in [-0.25, -0.2) is 4.68 Å². The first kappa shape index (κ1) is 23.0. The lowest BCUT2D eigenvalue weighted by Gasteiger charge is -2.40. The Labute approximate surface area is 211 Å². The molecule has 2 fully saturated rings. The smallest absolute Gasteiger partial charge is 0.254 e. The minimum absolute atomic E-state index is 0.102. The zero-order chi connectivity index (χ0) is 24.5. The van der Waals surface area contributed by atoms with E-state index in [9.17, 15) is 4.79 Å². The van der Waals surface area contributed by atoms with Crippen LogP contribution in [0.1, 0.15) is 46.4 Å². The number of rotatable bonds is 0. The molecule has 0 N–H and O–H groups in total. The summed E-state index contributed by atoms with van der Waals surface area (Å²) in [4.78, 5) is 18.1. The number of benzene rings is 2. The quantitative estimate of drug-likeness (QED) is 0.482. The van der Waals surface area contributed by atoms with E-state index in [2.05, 4.69) is 33.4 Å². The molecule has 8 heteroatoms. The van der Waals surface area contributed by atoms with Crippen molar-refractivity contribution in [3.05, 3.63) is 71.0 Å². The average molecular weight is 488 g/mol. The zero-order valence-corrected chi connectivity index (χ0v) is 20.9. The van der Waals surface area contributed by atoms with E-state index in [4.69, 9.17) is 9.47 Å². The van der Waals surface area contributed by atoms with Crippen LogP contribution < -0.4 is 9.47 Å². The van der Waals surface area contributed by atoms with Crippen LogP contribution in [0.2, 0.25) is 0 Å². The summed E-state index contributed by atoms with van der Waals surface area (Å²) in [7, 11) is 0. The summed E-state index contributed by atoms with van der Waals surface area (Å²) in [6.07, 6.45) is 5.29. The fourth-order valence-corrected chi connectivity index (χ4v) is 5.87.